The highest BCUT2D eigenvalue weighted by Crippen LogP contribution is 2.10. The fourth-order valence-electron chi connectivity index (χ4n) is 1.29. The summed E-state index contributed by atoms with van der Waals surface area (Å²) in [6, 6.07) is 0. The first-order valence-electron chi connectivity index (χ1n) is 4.36. The molecule has 0 aliphatic carbocycles. The van der Waals surface area contributed by atoms with Crippen LogP contribution in [0.15, 0.2) is 16.1 Å². The summed E-state index contributed by atoms with van der Waals surface area (Å²) in [4.78, 5) is 19.8. The minimum absolute atomic E-state index is 0.0878. The number of thioether (sulfide) groups is 1. The largest absolute Gasteiger partial charge is 0.394 e. The van der Waals surface area contributed by atoms with Gasteiger partial charge in [0.1, 0.15) is 5.39 Å². The van der Waals surface area contributed by atoms with E-state index in [1.807, 2.05) is 6.26 Å². The molecular formula is C8H10N4O2S. The van der Waals surface area contributed by atoms with Crippen molar-refractivity contribution in [3.63, 3.8) is 0 Å². The van der Waals surface area contributed by atoms with Crippen LogP contribution in [0.2, 0.25) is 0 Å². The highest BCUT2D eigenvalue weighted by Gasteiger charge is 2.08. The number of H-pyrrole nitrogens is 1. The monoisotopic (exact) mass is 226 g/mol. The van der Waals surface area contributed by atoms with Gasteiger partial charge in [0.05, 0.1) is 13.2 Å². The molecule has 0 radical (unpaired) electrons. The molecule has 7 heteroatoms. The first-order valence-corrected chi connectivity index (χ1v) is 5.59. The van der Waals surface area contributed by atoms with E-state index in [1.54, 1.807) is 0 Å². The predicted octanol–water partition coefficient (Wildman–Crippen LogP) is -0.166. The third kappa shape index (κ3) is 1.75. The lowest BCUT2D eigenvalue weighted by molar-refractivity contribution is 0.268. The average Bonchev–Trinajstić information content (AvgIpc) is 2.56. The molecule has 0 atom stereocenters. The van der Waals surface area contributed by atoms with Gasteiger partial charge >= 0.3 is 0 Å². The van der Waals surface area contributed by atoms with E-state index >= 15 is 0 Å². The Bertz CT molecular complexity index is 533. The van der Waals surface area contributed by atoms with Gasteiger partial charge in [0.25, 0.3) is 5.56 Å². The maximum absolute atomic E-state index is 11.7. The average molecular weight is 226 g/mol. The van der Waals surface area contributed by atoms with Gasteiger partial charge in [-0.1, -0.05) is 11.8 Å². The van der Waals surface area contributed by atoms with Gasteiger partial charge in [-0.15, -0.1) is 0 Å². The zero-order valence-corrected chi connectivity index (χ0v) is 8.91. The summed E-state index contributed by atoms with van der Waals surface area (Å²) in [7, 11) is 0. The van der Waals surface area contributed by atoms with Crippen molar-refractivity contribution < 1.29 is 5.11 Å². The molecule has 0 bridgehead atoms. The lowest BCUT2D eigenvalue weighted by atomic mass is 10.4. The third-order valence-electron chi connectivity index (χ3n) is 1.99. The number of hydrogen-bond acceptors (Lipinski definition) is 5. The zero-order chi connectivity index (χ0) is 10.8. The van der Waals surface area contributed by atoms with E-state index in [9.17, 15) is 4.79 Å². The van der Waals surface area contributed by atoms with Gasteiger partial charge in [-0.25, -0.2) is 14.6 Å². The van der Waals surface area contributed by atoms with Gasteiger partial charge < -0.3 is 5.11 Å². The number of aromatic nitrogens is 4. The van der Waals surface area contributed by atoms with Crippen LogP contribution in [-0.2, 0) is 6.54 Å². The molecule has 2 rings (SSSR count). The molecule has 0 aliphatic rings. The second-order valence-corrected chi connectivity index (χ2v) is 3.68. The molecular weight excluding hydrogens is 216 g/mol. The standard InChI is InChI=1S/C8H10N4O2S/c1-15-8-9-4-5-6(10-8)11-12(2-3-13)7(5)14/h4,13H,2-3H2,1H3,(H,9,10,11). The lowest BCUT2D eigenvalue weighted by Crippen LogP contribution is -2.18. The fraction of sp³-hybridized carbons (Fsp3) is 0.375. The van der Waals surface area contributed by atoms with Crippen LogP contribution in [0.3, 0.4) is 0 Å². The SMILES string of the molecule is CSc1ncc2c(=O)n(CCO)[nH]c2n1. The highest BCUT2D eigenvalue weighted by molar-refractivity contribution is 7.98. The van der Waals surface area contributed by atoms with Crippen molar-refractivity contribution in [1.29, 1.82) is 0 Å². The van der Waals surface area contributed by atoms with Gasteiger partial charge in [-0.2, -0.15) is 0 Å². The Morgan fingerprint density at radius 2 is 2.47 bits per heavy atom. The van der Waals surface area contributed by atoms with Crippen LogP contribution in [-0.4, -0.2) is 37.7 Å². The Morgan fingerprint density at radius 1 is 1.67 bits per heavy atom. The fourth-order valence-corrected chi connectivity index (χ4v) is 1.63. The van der Waals surface area contributed by atoms with Crippen molar-refractivity contribution in [3.05, 3.63) is 16.6 Å². The van der Waals surface area contributed by atoms with Crippen molar-refractivity contribution in [1.82, 2.24) is 19.7 Å². The summed E-state index contributed by atoms with van der Waals surface area (Å²) < 4.78 is 1.32. The molecule has 15 heavy (non-hydrogen) atoms. The van der Waals surface area contributed by atoms with Crippen molar-refractivity contribution in [2.75, 3.05) is 12.9 Å². The zero-order valence-electron chi connectivity index (χ0n) is 8.10. The Hall–Kier alpha value is -1.34. The number of nitrogens with zero attached hydrogens (tertiary/aromatic N) is 3. The van der Waals surface area contributed by atoms with Crippen LogP contribution >= 0.6 is 11.8 Å². The summed E-state index contributed by atoms with van der Waals surface area (Å²) in [6.07, 6.45) is 3.37. The molecule has 0 spiro atoms. The van der Waals surface area contributed by atoms with Crippen LogP contribution in [0.5, 0.6) is 0 Å². The summed E-state index contributed by atoms with van der Waals surface area (Å²) in [5, 5.41) is 12.6. The minimum atomic E-state index is -0.202. The number of rotatable bonds is 3. The number of nitrogens with one attached hydrogen (secondary N) is 1. The third-order valence-corrected chi connectivity index (χ3v) is 2.55. The normalized spacial score (nSPS) is 11.1. The van der Waals surface area contributed by atoms with Crippen molar-refractivity contribution in [3.8, 4) is 0 Å². The van der Waals surface area contributed by atoms with E-state index in [0.29, 0.717) is 16.2 Å². The molecule has 0 amide bonds. The van der Waals surface area contributed by atoms with E-state index in [2.05, 4.69) is 15.1 Å². The van der Waals surface area contributed by atoms with Gasteiger partial charge in [0.2, 0.25) is 0 Å². The summed E-state index contributed by atoms with van der Waals surface area (Å²) in [6.45, 7) is 0.152. The molecule has 0 saturated carbocycles. The maximum atomic E-state index is 11.7. The van der Waals surface area contributed by atoms with E-state index in [-0.39, 0.29) is 18.7 Å². The molecule has 0 fully saturated rings. The van der Waals surface area contributed by atoms with E-state index in [1.165, 1.54) is 22.6 Å². The maximum Gasteiger partial charge on any atom is 0.277 e. The molecule has 0 aromatic carbocycles. The molecule has 0 unspecified atom stereocenters. The Labute approximate surface area is 89.3 Å². The lowest BCUT2D eigenvalue weighted by Gasteiger charge is -1.94. The number of hydrogen-bond donors (Lipinski definition) is 2. The van der Waals surface area contributed by atoms with Crippen molar-refractivity contribution >= 4 is 22.8 Å². The van der Waals surface area contributed by atoms with Gasteiger partial charge in [-0.3, -0.25) is 9.89 Å². The van der Waals surface area contributed by atoms with Crippen LogP contribution in [0.1, 0.15) is 0 Å². The summed E-state index contributed by atoms with van der Waals surface area (Å²) in [5.74, 6) is 0. The molecule has 6 nitrogen and oxygen atoms in total. The van der Waals surface area contributed by atoms with Crippen LogP contribution in [0.25, 0.3) is 11.0 Å². The molecule has 0 aliphatic heterocycles. The Kier molecular flexibility index (Phi) is 2.74. The second-order valence-electron chi connectivity index (χ2n) is 2.91. The highest BCUT2D eigenvalue weighted by atomic mass is 32.2. The summed E-state index contributed by atoms with van der Waals surface area (Å²) in [5.41, 5.74) is 0.305. The first kappa shape index (κ1) is 10.2. The van der Waals surface area contributed by atoms with Crippen molar-refractivity contribution in [2.24, 2.45) is 0 Å². The first-order chi connectivity index (χ1) is 7.26. The smallest absolute Gasteiger partial charge is 0.277 e. The van der Waals surface area contributed by atoms with Gasteiger partial charge in [0.15, 0.2) is 10.8 Å². The topological polar surface area (TPSA) is 83.8 Å². The van der Waals surface area contributed by atoms with Crippen LogP contribution in [0.4, 0.5) is 0 Å². The number of aliphatic hydroxyl groups is 1. The number of aliphatic hydroxyl groups excluding tert-OH is 1. The molecule has 2 aromatic heterocycles. The second kappa shape index (κ2) is 4.03. The Balaban J connectivity index is 2.60. The molecule has 2 heterocycles. The number of fused-ring (bicyclic) bond motifs is 1. The van der Waals surface area contributed by atoms with Crippen molar-refractivity contribution in [2.45, 2.75) is 11.7 Å². The van der Waals surface area contributed by atoms with E-state index < -0.39 is 0 Å². The van der Waals surface area contributed by atoms with Crippen LogP contribution < -0.4 is 5.56 Å². The van der Waals surface area contributed by atoms with Gasteiger partial charge in [0, 0.05) is 6.20 Å². The molecule has 2 aromatic rings. The molecule has 2 N–H and O–H groups in total. The van der Waals surface area contributed by atoms with E-state index in [4.69, 9.17) is 5.11 Å². The van der Waals surface area contributed by atoms with Gasteiger partial charge in [-0.05, 0) is 6.26 Å². The molecule has 0 saturated heterocycles. The number of aromatic amines is 1. The Morgan fingerprint density at radius 3 is 3.13 bits per heavy atom. The predicted molar refractivity (Wildman–Crippen MR) is 57.0 cm³/mol. The minimum Gasteiger partial charge on any atom is -0.394 e. The quantitative estimate of drug-likeness (QED) is 0.561. The molecule has 80 valence electrons. The summed E-state index contributed by atoms with van der Waals surface area (Å²) >= 11 is 1.41. The van der Waals surface area contributed by atoms with Crippen LogP contribution in [0, 0.1) is 0 Å². The van der Waals surface area contributed by atoms with E-state index in [0.717, 1.165) is 0 Å².